The molecule has 0 aliphatic heterocycles. The zero-order valence-electron chi connectivity index (χ0n) is 12.7. The molecule has 0 aliphatic carbocycles. The van der Waals surface area contributed by atoms with E-state index in [0.29, 0.717) is 17.3 Å². The minimum Gasteiger partial charge on any atom is -0.496 e. The second-order valence-electron chi connectivity index (χ2n) is 4.62. The third-order valence-electron chi connectivity index (χ3n) is 3.03. The molecule has 0 spiro atoms. The second-order valence-corrected chi connectivity index (χ2v) is 5.03. The standard InChI is InChI=1S/C17H17ClN2O3/c1-22-16-9-5-3-7-14(16)11-20-23-12-17(21)19-10-13-6-2-4-8-15(13)18/h2-9,11H,10,12H2,1H3,(H,19,21)/b20-11-. The van der Waals surface area contributed by atoms with Gasteiger partial charge in [0, 0.05) is 17.1 Å². The SMILES string of the molecule is COc1ccccc1/C=N\OCC(=O)NCc1ccccc1Cl. The molecule has 0 saturated carbocycles. The number of hydrogen-bond donors (Lipinski definition) is 1. The summed E-state index contributed by atoms with van der Waals surface area (Å²) >= 11 is 6.01. The number of nitrogens with zero attached hydrogens (tertiary/aromatic N) is 1. The van der Waals surface area contributed by atoms with Gasteiger partial charge < -0.3 is 14.9 Å². The van der Waals surface area contributed by atoms with E-state index in [1.165, 1.54) is 6.21 Å². The fourth-order valence-electron chi connectivity index (χ4n) is 1.85. The van der Waals surface area contributed by atoms with Gasteiger partial charge in [-0.25, -0.2) is 0 Å². The molecule has 0 unspecified atom stereocenters. The van der Waals surface area contributed by atoms with Gasteiger partial charge in [0.2, 0.25) is 0 Å². The molecule has 120 valence electrons. The summed E-state index contributed by atoms with van der Waals surface area (Å²) in [7, 11) is 1.58. The summed E-state index contributed by atoms with van der Waals surface area (Å²) in [6.45, 7) is 0.175. The van der Waals surface area contributed by atoms with Crippen LogP contribution in [-0.4, -0.2) is 25.8 Å². The number of carbonyl (C=O) groups is 1. The maximum atomic E-state index is 11.7. The molecule has 2 aromatic rings. The average molecular weight is 333 g/mol. The first-order chi connectivity index (χ1) is 11.2. The Hall–Kier alpha value is -2.53. The third-order valence-corrected chi connectivity index (χ3v) is 3.40. The largest absolute Gasteiger partial charge is 0.496 e. The van der Waals surface area contributed by atoms with E-state index >= 15 is 0 Å². The van der Waals surface area contributed by atoms with Crippen LogP contribution in [0.5, 0.6) is 5.75 Å². The molecular weight excluding hydrogens is 316 g/mol. The molecule has 0 bridgehead atoms. The number of benzene rings is 2. The fourth-order valence-corrected chi connectivity index (χ4v) is 2.05. The lowest BCUT2D eigenvalue weighted by molar-refractivity contribution is -0.125. The summed E-state index contributed by atoms with van der Waals surface area (Å²) < 4.78 is 5.18. The third kappa shape index (κ3) is 5.30. The predicted octanol–water partition coefficient (Wildman–Crippen LogP) is 3.02. The summed E-state index contributed by atoms with van der Waals surface area (Å²) in [5, 5.41) is 7.10. The first-order valence-electron chi connectivity index (χ1n) is 6.99. The van der Waals surface area contributed by atoms with Crippen LogP contribution in [0.15, 0.2) is 53.7 Å². The number of halogens is 1. The fraction of sp³-hybridized carbons (Fsp3) is 0.176. The number of hydrogen-bond acceptors (Lipinski definition) is 4. The van der Waals surface area contributed by atoms with Crippen molar-refractivity contribution in [2.45, 2.75) is 6.54 Å². The molecular formula is C17H17ClN2O3. The number of oxime groups is 1. The van der Waals surface area contributed by atoms with Gasteiger partial charge in [-0.05, 0) is 23.8 Å². The van der Waals surface area contributed by atoms with Crippen LogP contribution in [0.25, 0.3) is 0 Å². The van der Waals surface area contributed by atoms with Crippen molar-refractivity contribution in [3.05, 3.63) is 64.7 Å². The highest BCUT2D eigenvalue weighted by molar-refractivity contribution is 6.31. The van der Waals surface area contributed by atoms with Crippen LogP contribution < -0.4 is 10.1 Å². The highest BCUT2D eigenvalue weighted by Crippen LogP contribution is 2.15. The molecule has 2 aromatic carbocycles. The van der Waals surface area contributed by atoms with Gasteiger partial charge in [0.25, 0.3) is 5.91 Å². The molecule has 0 radical (unpaired) electrons. The van der Waals surface area contributed by atoms with E-state index in [1.54, 1.807) is 13.2 Å². The summed E-state index contributed by atoms with van der Waals surface area (Å²) in [4.78, 5) is 16.7. The Kier molecular flexibility index (Phi) is 6.44. The smallest absolute Gasteiger partial charge is 0.261 e. The minimum atomic E-state index is -0.276. The van der Waals surface area contributed by atoms with Crippen LogP contribution in [0.4, 0.5) is 0 Å². The summed E-state index contributed by atoms with van der Waals surface area (Å²) in [6, 6.07) is 14.7. The molecule has 1 N–H and O–H groups in total. The summed E-state index contributed by atoms with van der Waals surface area (Å²) in [6.07, 6.45) is 1.50. The lowest BCUT2D eigenvalue weighted by atomic mass is 10.2. The van der Waals surface area contributed by atoms with E-state index in [4.69, 9.17) is 21.2 Å². The van der Waals surface area contributed by atoms with Crippen LogP contribution in [0.3, 0.4) is 0 Å². The van der Waals surface area contributed by atoms with Crippen molar-refractivity contribution < 1.29 is 14.4 Å². The Morgan fingerprint density at radius 2 is 1.96 bits per heavy atom. The maximum absolute atomic E-state index is 11.7. The van der Waals surface area contributed by atoms with E-state index in [9.17, 15) is 4.79 Å². The topological polar surface area (TPSA) is 59.9 Å². The first-order valence-corrected chi connectivity index (χ1v) is 7.37. The Balaban J connectivity index is 1.76. The van der Waals surface area contributed by atoms with E-state index in [0.717, 1.165) is 11.1 Å². The first kappa shape index (κ1) is 16.8. The van der Waals surface area contributed by atoms with E-state index in [2.05, 4.69) is 10.5 Å². The molecule has 6 heteroatoms. The zero-order valence-corrected chi connectivity index (χ0v) is 13.4. The highest BCUT2D eigenvalue weighted by Gasteiger charge is 2.04. The Bertz CT molecular complexity index is 689. The van der Waals surface area contributed by atoms with E-state index < -0.39 is 0 Å². The maximum Gasteiger partial charge on any atom is 0.261 e. The van der Waals surface area contributed by atoms with Crippen LogP contribution in [0.2, 0.25) is 5.02 Å². The van der Waals surface area contributed by atoms with Crippen LogP contribution in [0.1, 0.15) is 11.1 Å². The van der Waals surface area contributed by atoms with Crippen molar-refractivity contribution in [3.63, 3.8) is 0 Å². The highest BCUT2D eigenvalue weighted by atomic mass is 35.5. The van der Waals surface area contributed by atoms with Gasteiger partial charge in [-0.2, -0.15) is 0 Å². The van der Waals surface area contributed by atoms with Crippen LogP contribution in [0, 0.1) is 0 Å². The second kappa shape index (κ2) is 8.80. The number of ether oxygens (including phenoxy) is 1. The van der Waals surface area contributed by atoms with Crippen LogP contribution in [-0.2, 0) is 16.2 Å². The molecule has 0 saturated heterocycles. The van der Waals surface area contributed by atoms with Crippen LogP contribution >= 0.6 is 11.6 Å². The van der Waals surface area contributed by atoms with Gasteiger partial charge in [-0.3, -0.25) is 4.79 Å². The molecule has 1 amide bonds. The monoisotopic (exact) mass is 332 g/mol. The Morgan fingerprint density at radius 3 is 2.74 bits per heavy atom. The van der Waals surface area contributed by atoms with Gasteiger partial charge in [-0.15, -0.1) is 0 Å². The quantitative estimate of drug-likeness (QED) is 0.626. The van der Waals surface area contributed by atoms with Gasteiger partial charge >= 0.3 is 0 Å². The molecule has 0 fully saturated rings. The molecule has 23 heavy (non-hydrogen) atoms. The van der Waals surface area contributed by atoms with Crippen molar-refractivity contribution >= 4 is 23.7 Å². The Morgan fingerprint density at radius 1 is 1.22 bits per heavy atom. The van der Waals surface area contributed by atoms with Gasteiger partial charge in [0.05, 0.1) is 13.3 Å². The molecule has 0 aliphatic rings. The number of amides is 1. The summed E-state index contributed by atoms with van der Waals surface area (Å²) in [5.74, 6) is 0.408. The minimum absolute atomic E-state index is 0.171. The van der Waals surface area contributed by atoms with Gasteiger partial charge in [0.1, 0.15) is 5.75 Å². The number of nitrogens with one attached hydrogen (secondary N) is 1. The lowest BCUT2D eigenvalue weighted by Crippen LogP contribution is -2.26. The number of para-hydroxylation sites is 1. The van der Waals surface area contributed by atoms with Crippen molar-refractivity contribution in [3.8, 4) is 5.75 Å². The molecule has 0 atom stereocenters. The van der Waals surface area contributed by atoms with Crippen molar-refractivity contribution in [2.75, 3.05) is 13.7 Å². The van der Waals surface area contributed by atoms with Crippen molar-refractivity contribution in [2.24, 2.45) is 5.16 Å². The van der Waals surface area contributed by atoms with Gasteiger partial charge in [-0.1, -0.05) is 47.1 Å². The lowest BCUT2D eigenvalue weighted by Gasteiger charge is -2.06. The number of carbonyl (C=O) groups excluding carboxylic acids is 1. The average Bonchev–Trinajstić information content (AvgIpc) is 2.58. The van der Waals surface area contributed by atoms with Gasteiger partial charge in [0.15, 0.2) is 6.61 Å². The number of rotatable bonds is 7. The number of methoxy groups -OCH3 is 1. The zero-order chi connectivity index (χ0) is 16.5. The van der Waals surface area contributed by atoms with Crippen molar-refractivity contribution in [1.29, 1.82) is 0 Å². The predicted molar refractivity (Wildman–Crippen MR) is 89.8 cm³/mol. The normalized spacial score (nSPS) is 10.5. The molecule has 0 heterocycles. The van der Waals surface area contributed by atoms with Crippen molar-refractivity contribution in [1.82, 2.24) is 5.32 Å². The van der Waals surface area contributed by atoms with E-state index in [1.807, 2.05) is 42.5 Å². The molecule has 0 aromatic heterocycles. The Labute approximate surface area is 139 Å². The molecule has 5 nitrogen and oxygen atoms in total. The molecule has 2 rings (SSSR count). The van der Waals surface area contributed by atoms with E-state index in [-0.39, 0.29) is 12.5 Å². The summed E-state index contributed by atoms with van der Waals surface area (Å²) in [5.41, 5.74) is 1.62.